The molecule has 3 aliphatic heterocycles. The van der Waals surface area contributed by atoms with Gasteiger partial charge in [-0.3, -0.25) is 29.2 Å². The molecule has 6 aromatic rings. The lowest BCUT2D eigenvalue weighted by Gasteiger charge is -2.47. The number of halogens is 5. The highest BCUT2D eigenvalue weighted by atomic mass is 35.5. The monoisotopic (exact) mass is 1260 g/mol. The maximum atomic E-state index is 15.5. The van der Waals surface area contributed by atoms with E-state index in [9.17, 15) is 23.2 Å². The van der Waals surface area contributed by atoms with Crippen molar-refractivity contribution >= 4 is 75.9 Å². The number of aliphatic imine (C=N–C) groups is 1. The van der Waals surface area contributed by atoms with Crippen molar-refractivity contribution in [3.05, 3.63) is 181 Å². The first kappa shape index (κ1) is 65.1. The second-order valence-electron chi connectivity index (χ2n) is 23.2. The maximum Gasteiger partial charge on any atom is 0.326 e. The molecule has 17 nitrogen and oxygen atoms in total. The molecule has 3 N–H and O–H groups in total. The summed E-state index contributed by atoms with van der Waals surface area (Å²) in [5.74, 6) is -1.69. The van der Waals surface area contributed by atoms with Gasteiger partial charge in [-0.05, 0) is 129 Å². The topological polar surface area (TPSA) is 185 Å². The van der Waals surface area contributed by atoms with Gasteiger partial charge in [-0.25, -0.2) is 18.6 Å². The van der Waals surface area contributed by atoms with E-state index in [1.165, 1.54) is 19.2 Å². The molecule has 22 heteroatoms. The fourth-order valence-corrected chi connectivity index (χ4v) is 11.6. The molecule has 466 valence electrons. The van der Waals surface area contributed by atoms with Crippen molar-refractivity contribution in [2.24, 2.45) is 4.99 Å². The highest BCUT2D eigenvalue weighted by Gasteiger charge is 2.60. The fourth-order valence-electron chi connectivity index (χ4n) is 11.2. The molecule has 0 bridgehead atoms. The molecule has 2 fully saturated rings. The number of nitrogens with zero attached hydrogens (tertiary/aromatic N) is 7. The van der Waals surface area contributed by atoms with Crippen LogP contribution in [0.5, 0.6) is 11.5 Å². The van der Waals surface area contributed by atoms with Gasteiger partial charge in [-0.15, -0.1) is 0 Å². The summed E-state index contributed by atoms with van der Waals surface area (Å²) in [6.07, 6.45) is 0.262. The Morgan fingerprint density at radius 3 is 1.97 bits per heavy atom. The molecule has 0 radical (unpaired) electrons. The normalized spacial score (nSPS) is 18.5. The highest BCUT2D eigenvalue weighted by molar-refractivity contribution is 6.31. The Kier molecular flexibility index (Phi) is 20.7. The van der Waals surface area contributed by atoms with Crippen molar-refractivity contribution in [3.8, 4) is 11.5 Å². The maximum absolute atomic E-state index is 15.5. The summed E-state index contributed by atoms with van der Waals surface area (Å²) in [6, 6.07) is 31.1. The van der Waals surface area contributed by atoms with E-state index < -0.39 is 40.3 Å². The van der Waals surface area contributed by atoms with E-state index in [1.807, 2.05) is 71.3 Å². The number of nitrogen functional groups attached to an aromatic ring is 1. The number of nitrogens with two attached hydrogens (primary N) is 1. The largest absolute Gasteiger partial charge is 0.493 e. The SMILES string of the molecule is CCOc1cc(C(C)(C)C)ccc1C1=N[C@@](C)(c2ccc(Cl)cc2)[C@@](C)(c2ccc(Cl)cc2)N1C(=O)N1CCN(CCOCCOCCC(=O)N2CCN(C(=O)c3ccc(NC(=O)c4cnc(N)c(O[C@H](C)c5c(F)ccc(Cl)c5F)c4)cc3)CC2)CC1. The highest BCUT2D eigenvalue weighted by Crippen LogP contribution is 2.54. The van der Waals surface area contributed by atoms with Crippen LogP contribution >= 0.6 is 34.8 Å². The van der Waals surface area contributed by atoms with Gasteiger partial charge in [-0.2, -0.15) is 0 Å². The van der Waals surface area contributed by atoms with Crippen LogP contribution in [0.4, 0.5) is 25.1 Å². The van der Waals surface area contributed by atoms with Crippen LogP contribution in [0.3, 0.4) is 0 Å². The number of piperazine rings is 2. The zero-order chi connectivity index (χ0) is 63.1. The molecule has 3 aliphatic rings. The average molecular weight is 1270 g/mol. The Balaban J connectivity index is 0.708. The number of ether oxygens (including phenoxy) is 4. The summed E-state index contributed by atoms with van der Waals surface area (Å²) in [4.78, 5) is 74.4. The predicted octanol–water partition coefficient (Wildman–Crippen LogP) is 12.0. The van der Waals surface area contributed by atoms with Crippen molar-refractivity contribution in [2.75, 3.05) is 103 Å². The third-order valence-corrected chi connectivity index (χ3v) is 17.4. The summed E-state index contributed by atoms with van der Waals surface area (Å²) >= 11 is 18.8. The fraction of sp³-hybridized carbons (Fsp3) is 0.394. The van der Waals surface area contributed by atoms with Gasteiger partial charge in [0.05, 0.1) is 61.2 Å². The Morgan fingerprint density at radius 1 is 0.716 bits per heavy atom. The summed E-state index contributed by atoms with van der Waals surface area (Å²) in [6.45, 7) is 20.1. The van der Waals surface area contributed by atoms with Gasteiger partial charge in [0.1, 0.15) is 34.6 Å². The van der Waals surface area contributed by atoms with Gasteiger partial charge in [0, 0.05) is 86.4 Å². The molecule has 0 spiro atoms. The van der Waals surface area contributed by atoms with Gasteiger partial charge >= 0.3 is 6.03 Å². The minimum atomic E-state index is -1.16. The Bertz CT molecular complexity index is 3530. The van der Waals surface area contributed by atoms with E-state index in [4.69, 9.17) is 64.5 Å². The number of hydrogen-bond acceptors (Lipinski definition) is 12. The molecule has 1 aromatic heterocycles. The van der Waals surface area contributed by atoms with Crippen molar-refractivity contribution in [3.63, 3.8) is 0 Å². The number of amides is 5. The molecule has 0 aliphatic carbocycles. The number of benzene rings is 5. The zero-order valence-corrected chi connectivity index (χ0v) is 52.8. The first-order chi connectivity index (χ1) is 42.0. The van der Waals surface area contributed by atoms with Gasteiger partial charge in [0.2, 0.25) is 5.91 Å². The Morgan fingerprint density at radius 2 is 1.33 bits per heavy atom. The number of rotatable bonds is 20. The molecule has 0 saturated carbocycles. The standard InChI is InChI=1S/C66H74Cl3F2N9O8/c1-8-87-54-40-47(64(3,4)5)15-22-51(54)60-75-65(6,45-11-16-48(67)17-12-45)66(7,46-13-18-49(68)19-14-46)80(60)63(84)79-28-26-76(27-29-79)34-36-86-38-37-85-35-25-56(81)77-30-32-78(33-31-77)62(83)43-9-20-50(21-10-43)74-61(82)44-39-55(59(72)73-41-44)88-42(2)57-53(70)24-23-52(69)58(57)71/h9-24,39-42H,8,25-38H2,1-7H3,(H2,72,73)(H,74,82)/t42-,65+,66-/m1/s1. The number of aromatic nitrogens is 1. The third kappa shape index (κ3) is 14.4. The third-order valence-electron chi connectivity index (χ3n) is 16.6. The average Bonchev–Trinajstić information content (AvgIpc) is 1.53. The number of urea groups is 1. The van der Waals surface area contributed by atoms with E-state index in [0.717, 1.165) is 34.4 Å². The van der Waals surface area contributed by atoms with Crippen LogP contribution in [-0.2, 0) is 30.8 Å². The van der Waals surface area contributed by atoms with Crippen LogP contribution in [0, 0.1) is 11.6 Å². The van der Waals surface area contributed by atoms with Gasteiger partial charge in [-0.1, -0.05) is 85.9 Å². The van der Waals surface area contributed by atoms with Crippen molar-refractivity contribution < 1.29 is 46.9 Å². The predicted molar refractivity (Wildman–Crippen MR) is 338 cm³/mol. The summed E-state index contributed by atoms with van der Waals surface area (Å²) in [5.41, 5.74) is 7.80. The number of carbonyl (C=O) groups excluding carboxylic acids is 4. The van der Waals surface area contributed by atoms with Crippen molar-refractivity contribution in [1.82, 2.24) is 29.5 Å². The number of pyridine rings is 1. The van der Waals surface area contributed by atoms with E-state index >= 15 is 4.79 Å². The molecule has 5 amide bonds. The summed E-state index contributed by atoms with van der Waals surface area (Å²) < 4.78 is 53.0. The summed E-state index contributed by atoms with van der Waals surface area (Å²) in [7, 11) is 0. The van der Waals surface area contributed by atoms with Crippen LogP contribution in [-0.4, -0.2) is 151 Å². The van der Waals surface area contributed by atoms with Gasteiger partial charge < -0.3 is 44.7 Å². The number of hydrogen-bond donors (Lipinski definition) is 2. The lowest BCUT2D eigenvalue weighted by atomic mass is 9.71. The minimum Gasteiger partial charge on any atom is -0.493 e. The van der Waals surface area contributed by atoms with Crippen LogP contribution in [0.2, 0.25) is 15.1 Å². The second-order valence-corrected chi connectivity index (χ2v) is 24.5. The molecule has 9 rings (SSSR count). The number of nitrogens with one attached hydrogen (secondary N) is 1. The van der Waals surface area contributed by atoms with Crippen LogP contribution in [0.25, 0.3) is 0 Å². The van der Waals surface area contributed by atoms with E-state index in [-0.39, 0.29) is 58.4 Å². The zero-order valence-electron chi connectivity index (χ0n) is 50.5. The molecule has 88 heavy (non-hydrogen) atoms. The first-order valence-electron chi connectivity index (χ1n) is 29.4. The molecular weight excluding hydrogens is 1190 g/mol. The number of anilines is 2. The van der Waals surface area contributed by atoms with Gasteiger partial charge in [0.15, 0.2) is 17.4 Å². The van der Waals surface area contributed by atoms with Crippen LogP contribution < -0.4 is 20.5 Å². The second kappa shape index (κ2) is 28.0. The van der Waals surface area contributed by atoms with E-state index in [0.29, 0.717) is 118 Å². The lowest BCUT2D eigenvalue weighted by molar-refractivity contribution is -0.134. The van der Waals surface area contributed by atoms with Crippen molar-refractivity contribution in [1.29, 1.82) is 0 Å². The smallest absolute Gasteiger partial charge is 0.326 e. The number of amidine groups is 1. The van der Waals surface area contributed by atoms with Crippen molar-refractivity contribution in [2.45, 2.75) is 77.5 Å². The van der Waals surface area contributed by atoms with Gasteiger partial charge in [0.25, 0.3) is 11.8 Å². The first-order valence-corrected chi connectivity index (χ1v) is 30.5. The Labute approximate surface area is 527 Å². The molecule has 5 aromatic carbocycles. The van der Waals surface area contributed by atoms with E-state index in [2.05, 4.69) is 62.0 Å². The lowest BCUT2D eigenvalue weighted by Crippen LogP contribution is -2.60. The molecule has 3 atom stereocenters. The van der Waals surface area contributed by atoms with E-state index in [1.54, 1.807) is 34.1 Å². The Hall–Kier alpha value is -7.39. The minimum absolute atomic E-state index is 0.0582. The number of carbonyl (C=O) groups is 4. The molecule has 0 unspecified atom stereocenters. The van der Waals surface area contributed by atoms with Crippen LogP contribution in [0.1, 0.15) is 110 Å². The molecule has 2 saturated heterocycles. The summed E-state index contributed by atoms with van der Waals surface area (Å²) in [5, 5.41) is 3.64. The molecular formula is C66H74Cl3F2N9O8. The van der Waals surface area contributed by atoms with Crippen LogP contribution in [0.15, 0.2) is 120 Å². The quantitative estimate of drug-likeness (QED) is 0.0547. The molecule has 4 heterocycles.